The van der Waals surface area contributed by atoms with E-state index in [0.29, 0.717) is 17.5 Å². The van der Waals surface area contributed by atoms with Crippen molar-refractivity contribution in [2.24, 2.45) is 0 Å². The van der Waals surface area contributed by atoms with Crippen LogP contribution in [0.25, 0.3) is 0 Å². The number of hydrogen-bond donors (Lipinski definition) is 0. The highest BCUT2D eigenvalue weighted by atomic mass is 35.5. The van der Waals surface area contributed by atoms with Gasteiger partial charge >= 0.3 is 0 Å². The van der Waals surface area contributed by atoms with Gasteiger partial charge in [-0.3, -0.25) is 9.69 Å². The lowest BCUT2D eigenvalue weighted by molar-refractivity contribution is -0.0553. The van der Waals surface area contributed by atoms with Crippen LogP contribution < -0.4 is 0 Å². The van der Waals surface area contributed by atoms with Crippen molar-refractivity contribution in [3.05, 3.63) is 34.9 Å². The molecule has 0 spiro atoms. The van der Waals surface area contributed by atoms with Crippen LogP contribution in [0.5, 0.6) is 0 Å². The summed E-state index contributed by atoms with van der Waals surface area (Å²) >= 11 is 5.84. The largest absolute Gasteiger partial charge is 0.376 e. The number of hydrogen-bond acceptors (Lipinski definition) is 3. The molecule has 20 heavy (non-hydrogen) atoms. The van der Waals surface area contributed by atoms with E-state index in [1.165, 1.54) is 0 Å². The first kappa shape index (κ1) is 15.5. The van der Waals surface area contributed by atoms with Crippen molar-refractivity contribution < 1.29 is 9.53 Å². The van der Waals surface area contributed by atoms with Crippen molar-refractivity contribution in [3.63, 3.8) is 0 Å². The van der Waals surface area contributed by atoms with Gasteiger partial charge in [-0.15, -0.1) is 0 Å². The fraction of sp³-hybridized carbons (Fsp3) is 0.562. The number of halogens is 1. The van der Waals surface area contributed by atoms with Gasteiger partial charge in [0.05, 0.1) is 12.7 Å². The van der Waals surface area contributed by atoms with Crippen molar-refractivity contribution in [2.75, 3.05) is 19.7 Å². The maximum Gasteiger partial charge on any atom is 0.164 e. The molecule has 0 bridgehead atoms. The fourth-order valence-electron chi connectivity index (χ4n) is 2.59. The van der Waals surface area contributed by atoms with Crippen LogP contribution in [0.1, 0.15) is 37.0 Å². The summed E-state index contributed by atoms with van der Waals surface area (Å²) < 4.78 is 5.67. The maximum absolute atomic E-state index is 12.2. The summed E-state index contributed by atoms with van der Waals surface area (Å²) in [7, 11) is 0. The Morgan fingerprint density at radius 2 is 2.10 bits per heavy atom. The number of carbonyl (C=O) groups excluding carboxylic acids is 1. The Morgan fingerprint density at radius 3 is 2.75 bits per heavy atom. The predicted octanol–water partition coefficient (Wildman–Crippen LogP) is 3.41. The van der Waals surface area contributed by atoms with Crippen LogP contribution in [0.3, 0.4) is 0 Å². The van der Waals surface area contributed by atoms with E-state index in [4.69, 9.17) is 16.3 Å². The molecule has 1 heterocycles. The van der Waals surface area contributed by atoms with Crippen LogP contribution in [-0.2, 0) is 4.74 Å². The van der Waals surface area contributed by atoms with E-state index < -0.39 is 0 Å². The van der Waals surface area contributed by atoms with Gasteiger partial charge in [0, 0.05) is 36.1 Å². The third-order valence-electron chi connectivity index (χ3n) is 3.84. The first-order valence-corrected chi connectivity index (χ1v) is 7.62. The molecule has 4 heteroatoms. The highest BCUT2D eigenvalue weighted by Gasteiger charge is 2.25. The quantitative estimate of drug-likeness (QED) is 0.780. The standard InChI is InChI=1S/C16H22ClNO2/c1-3-15-11-20-12(2)10-18(15)9-8-16(19)13-4-6-14(17)7-5-13/h4-7,12,15H,3,8-11H2,1-2H3. The number of benzene rings is 1. The summed E-state index contributed by atoms with van der Waals surface area (Å²) in [5, 5.41) is 0.662. The monoisotopic (exact) mass is 295 g/mol. The molecule has 1 fully saturated rings. The average Bonchev–Trinajstić information content (AvgIpc) is 2.45. The van der Waals surface area contributed by atoms with Crippen molar-refractivity contribution in [1.82, 2.24) is 4.90 Å². The Hall–Kier alpha value is -0.900. The van der Waals surface area contributed by atoms with E-state index in [0.717, 1.165) is 31.7 Å². The third-order valence-corrected chi connectivity index (χ3v) is 4.10. The molecule has 1 aromatic rings. The van der Waals surface area contributed by atoms with Gasteiger partial charge in [0.15, 0.2) is 5.78 Å². The molecule has 0 aromatic heterocycles. The molecule has 0 aliphatic carbocycles. The molecule has 110 valence electrons. The summed E-state index contributed by atoms with van der Waals surface area (Å²) in [6.45, 7) is 6.73. The van der Waals surface area contributed by atoms with Crippen molar-refractivity contribution in [2.45, 2.75) is 38.8 Å². The zero-order valence-corrected chi connectivity index (χ0v) is 12.9. The number of Topliss-reactive ketones (excluding diaryl/α,β-unsaturated/α-hetero) is 1. The van der Waals surface area contributed by atoms with Crippen LogP contribution >= 0.6 is 11.6 Å². The van der Waals surface area contributed by atoms with E-state index in [1.807, 2.05) is 0 Å². The Bertz CT molecular complexity index is 446. The minimum atomic E-state index is 0.177. The number of carbonyl (C=O) groups is 1. The molecule has 0 amide bonds. The minimum absolute atomic E-state index is 0.177. The second-order valence-corrected chi connectivity index (χ2v) is 5.82. The molecule has 1 aliphatic rings. The molecule has 1 saturated heterocycles. The highest BCUT2D eigenvalue weighted by molar-refractivity contribution is 6.30. The van der Waals surface area contributed by atoms with Crippen LogP contribution in [0.2, 0.25) is 5.02 Å². The highest BCUT2D eigenvalue weighted by Crippen LogP contribution is 2.16. The SMILES string of the molecule is CCC1COC(C)CN1CCC(=O)c1ccc(Cl)cc1. The van der Waals surface area contributed by atoms with Gasteiger partial charge in [-0.2, -0.15) is 0 Å². The second-order valence-electron chi connectivity index (χ2n) is 5.38. The first-order chi connectivity index (χ1) is 9.60. The number of ether oxygens (including phenoxy) is 1. The van der Waals surface area contributed by atoms with Crippen molar-refractivity contribution in [1.29, 1.82) is 0 Å². The van der Waals surface area contributed by atoms with Crippen LogP contribution in [0.4, 0.5) is 0 Å². The summed E-state index contributed by atoms with van der Waals surface area (Å²) in [6, 6.07) is 7.55. The van der Waals surface area contributed by atoms with Crippen molar-refractivity contribution in [3.8, 4) is 0 Å². The average molecular weight is 296 g/mol. The lowest BCUT2D eigenvalue weighted by Gasteiger charge is -2.38. The second kappa shape index (κ2) is 7.21. The summed E-state index contributed by atoms with van der Waals surface area (Å²) in [5.41, 5.74) is 0.740. The van der Waals surface area contributed by atoms with Crippen LogP contribution in [-0.4, -0.2) is 42.5 Å². The molecular weight excluding hydrogens is 274 g/mol. The van der Waals surface area contributed by atoms with E-state index in [1.54, 1.807) is 24.3 Å². The van der Waals surface area contributed by atoms with Crippen LogP contribution in [0.15, 0.2) is 24.3 Å². The number of morpholine rings is 1. The lowest BCUT2D eigenvalue weighted by atomic mass is 10.1. The van der Waals surface area contributed by atoms with Crippen molar-refractivity contribution >= 4 is 17.4 Å². The van der Waals surface area contributed by atoms with Gasteiger partial charge in [-0.25, -0.2) is 0 Å². The van der Waals surface area contributed by atoms with Gasteiger partial charge in [-0.05, 0) is 37.6 Å². The molecule has 2 rings (SSSR count). The van der Waals surface area contributed by atoms with Gasteiger partial charge in [0.25, 0.3) is 0 Å². The maximum atomic E-state index is 12.2. The molecule has 0 N–H and O–H groups in total. The van der Waals surface area contributed by atoms with Gasteiger partial charge in [-0.1, -0.05) is 18.5 Å². The van der Waals surface area contributed by atoms with Gasteiger partial charge in [0.1, 0.15) is 0 Å². The zero-order valence-electron chi connectivity index (χ0n) is 12.1. The fourth-order valence-corrected chi connectivity index (χ4v) is 2.71. The first-order valence-electron chi connectivity index (χ1n) is 7.24. The number of ketones is 1. The normalized spacial score (nSPS) is 23.8. The molecule has 0 saturated carbocycles. The Kier molecular flexibility index (Phi) is 5.58. The predicted molar refractivity (Wildman–Crippen MR) is 81.5 cm³/mol. The molecule has 2 atom stereocenters. The Morgan fingerprint density at radius 1 is 1.40 bits per heavy atom. The topological polar surface area (TPSA) is 29.5 Å². The summed E-state index contributed by atoms with van der Waals surface area (Å²) in [6.07, 6.45) is 1.86. The minimum Gasteiger partial charge on any atom is -0.376 e. The third kappa shape index (κ3) is 4.05. The Balaban J connectivity index is 1.90. The molecule has 0 radical (unpaired) electrons. The molecule has 3 nitrogen and oxygen atoms in total. The van der Waals surface area contributed by atoms with Crippen LogP contribution in [0, 0.1) is 0 Å². The molecule has 1 aliphatic heterocycles. The van der Waals surface area contributed by atoms with E-state index >= 15 is 0 Å². The molecular formula is C16H22ClNO2. The van der Waals surface area contributed by atoms with Gasteiger partial charge in [0.2, 0.25) is 0 Å². The summed E-state index contributed by atoms with van der Waals surface area (Å²) in [5.74, 6) is 0.177. The van der Waals surface area contributed by atoms with E-state index in [-0.39, 0.29) is 11.9 Å². The zero-order chi connectivity index (χ0) is 14.5. The summed E-state index contributed by atoms with van der Waals surface area (Å²) in [4.78, 5) is 14.6. The smallest absolute Gasteiger partial charge is 0.164 e. The number of rotatable bonds is 5. The molecule has 2 unspecified atom stereocenters. The lowest BCUT2D eigenvalue weighted by Crippen LogP contribution is -2.49. The molecule has 1 aromatic carbocycles. The number of nitrogens with zero attached hydrogens (tertiary/aromatic N) is 1. The van der Waals surface area contributed by atoms with E-state index in [9.17, 15) is 4.79 Å². The Labute approximate surface area is 125 Å². The van der Waals surface area contributed by atoms with E-state index in [2.05, 4.69) is 18.7 Å². The van der Waals surface area contributed by atoms with Gasteiger partial charge < -0.3 is 4.74 Å².